The summed E-state index contributed by atoms with van der Waals surface area (Å²) in [5.74, 6) is 0.641. The maximum absolute atomic E-state index is 12.4. The highest BCUT2D eigenvalue weighted by atomic mass is 16.5. The lowest BCUT2D eigenvalue weighted by Crippen LogP contribution is -2.22. The molecule has 0 aliphatic rings. The number of nitrogens with one attached hydrogen (secondary N) is 3. The van der Waals surface area contributed by atoms with Crippen molar-refractivity contribution in [1.82, 2.24) is 25.5 Å². The van der Waals surface area contributed by atoms with Crippen molar-refractivity contribution in [2.24, 2.45) is 0 Å². The SMILES string of the molecule is COc1ccc(CNC(=O)c2c[nH]c(-c3[nH]nc4ncccc34)c2)cc1. The van der Waals surface area contributed by atoms with Gasteiger partial charge in [-0.15, -0.1) is 0 Å². The van der Waals surface area contributed by atoms with Gasteiger partial charge in [0, 0.05) is 24.3 Å². The van der Waals surface area contributed by atoms with Crippen LogP contribution in [0, 0.1) is 0 Å². The normalized spacial score (nSPS) is 10.8. The van der Waals surface area contributed by atoms with E-state index in [1.54, 1.807) is 25.6 Å². The van der Waals surface area contributed by atoms with Crippen LogP contribution in [0.25, 0.3) is 22.4 Å². The molecule has 1 amide bonds. The minimum atomic E-state index is -0.148. The van der Waals surface area contributed by atoms with Crippen molar-refractivity contribution in [3.63, 3.8) is 0 Å². The van der Waals surface area contributed by atoms with Gasteiger partial charge in [0.15, 0.2) is 5.65 Å². The van der Waals surface area contributed by atoms with Crippen molar-refractivity contribution in [2.45, 2.75) is 6.54 Å². The van der Waals surface area contributed by atoms with E-state index in [1.165, 1.54) is 0 Å². The van der Waals surface area contributed by atoms with E-state index < -0.39 is 0 Å². The van der Waals surface area contributed by atoms with E-state index in [4.69, 9.17) is 4.74 Å². The van der Waals surface area contributed by atoms with Crippen LogP contribution in [0.5, 0.6) is 5.75 Å². The Morgan fingerprint density at radius 3 is 2.88 bits per heavy atom. The molecular weight excluding hydrogens is 330 g/mol. The number of aromatic nitrogens is 4. The summed E-state index contributed by atoms with van der Waals surface area (Å²) in [7, 11) is 1.62. The fraction of sp³-hybridized carbons (Fsp3) is 0.105. The topological polar surface area (TPSA) is 95.7 Å². The zero-order valence-electron chi connectivity index (χ0n) is 14.1. The van der Waals surface area contributed by atoms with Gasteiger partial charge in [0.25, 0.3) is 5.91 Å². The predicted octanol–water partition coefficient (Wildman–Crippen LogP) is 2.89. The van der Waals surface area contributed by atoms with Gasteiger partial charge in [-0.3, -0.25) is 9.89 Å². The lowest BCUT2D eigenvalue weighted by molar-refractivity contribution is 0.0951. The van der Waals surface area contributed by atoms with Crippen molar-refractivity contribution in [3.8, 4) is 17.1 Å². The molecule has 0 atom stereocenters. The van der Waals surface area contributed by atoms with Gasteiger partial charge >= 0.3 is 0 Å². The highest BCUT2D eigenvalue weighted by Gasteiger charge is 2.13. The Kier molecular flexibility index (Phi) is 4.10. The van der Waals surface area contributed by atoms with E-state index in [9.17, 15) is 4.79 Å². The Balaban J connectivity index is 1.47. The summed E-state index contributed by atoms with van der Waals surface area (Å²) in [5.41, 5.74) is 3.79. The first-order valence-electron chi connectivity index (χ1n) is 8.13. The summed E-state index contributed by atoms with van der Waals surface area (Å²) in [6, 6.07) is 13.2. The van der Waals surface area contributed by atoms with Gasteiger partial charge in [-0.2, -0.15) is 5.10 Å². The summed E-state index contributed by atoms with van der Waals surface area (Å²) >= 11 is 0. The molecule has 0 unspecified atom stereocenters. The highest BCUT2D eigenvalue weighted by Crippen LogP contribution is 2.24. The molecule has 7 heteroatoms. The molecule has 0 fully saturated rings. The molecule has 3 heterocycles. The minimum absolute atomic E-state index is 0.148. The van der Waals surface area contributed by atoms with Crippen molar-refractivity contribution in [3.05, 3.63) is 66.0 Å². The number of nitrogens with zero attached hydrogens (tertiary/aromatic N) is 2. The lowest BCUT2D eigenvalue weighted by Gasteiger charge is -2.05. The number of hydrogen-bond donors (Lipinski definition) is 3. The molecule has 130 valence electrons. The maximum Gasteiger partial charge on any atom is 0.253 e. The summed E-state index contributed by atoms with van der Waals surface area (Å²) in [6.45, 7) is 0.445. The molecule has 7 nitrogen and oxygen atoms in total. The fourth-order valence-corrected chi connectivity index (χ4v) is 2.75. The standard InChI is InChI=1S/C19H17N5O2/c1-26-14-6-4-12(5-7-14)10-22-19(25)13-9-16(21-11-13)17-15-3-2-8-20-18(15)24-23-17/h2-9,11,21H,10H2,1H3,(H,22,25)(H,20,23,24). The molecule has 0 bridgehead atoms. The Labute approximate surface area is 149 Å². The largest absolute Gasteiger partial charge is 0.497 e. The third-order valence-corrected chi connectivity index (χ3v) is 4.16. The van der Waals surface area contributed by atoms with Crippen LogP contribution in [0.15, 0.2) is 54.9 Å². The van der Waals surface area contributed by atoms with E-state index in [0.717, 1.165) is 28.1 Å². The molecule has 0 aliphatic carbocycles. The third-order valence-electron chi connectivity index (χ3n) is 4.16. The molecular formula is C19H17N5O2. The van der Waals surface area contributed by atoms with Gasteiger partial charge in [0.1, 0.15) is 5.75 Å². The van der Waals surface area contributed by atoms with E-state index in [0.29, 0.717) is 17.8 Å². The number of amides is 1. The molecule has 0 radical (unpaired) electrons. The second kappa shape index (κ2) is 6.72. The third kappa shape index (κ3) is 3.02. The molecule has 0 aliphatic heterocycles. The molecule has 4 rings (SSSR count). The Morgan fingerprint density at radius 2 is 2.08 bits per heavy atom. The number of benzene rings is 1. The molecule has 0 spiro atoms. The molecule has 0 saturated carbocycles. The van der Waals surface area contributed by atoms with Gasteiger partial charge in [0.2, 0.25) is 0 Å². The van der Waals surface area contributed by atoms with Crippen LogP contribution in [0.1, 0.15) is 15.9 Å². The number of H-pyrrole nitrogens is 2. The van der Waals surface area contributed by atoms with Crippen LogP contribution in [0.2, 0.25) is 0 Å². The van der Waals surface area contributed by atoms with E-state index in [2.05, 4.69) is 25.5 Å². The van der Waals surface area contributed by atoms with Crippen LogP contribution >= 0.6 is 0 Å². The average Bonchev–Trinajstić information content (AvgIpc) is 3.33. The van der Waals surface area contributed by atoms with Crippen molar-refractivity contribution in [1.29, 1.82) is 0 Å². The van der Waals surface area contributed by atoms with Crippen LogP contribution in [0.4, 0.5) is 0 Å². The lowest BCUT2D eigenvalue weighted by atomic mass is 10.2. The second-order valence-electron chi connectivity index (χ2n) is 5.81. The van der Waals surface area contributed by atoms with E-state index >= 15 is 0 Å². The number of methoxy groups -OCH3 is 1. The molecule has 3 aromatic heterocycles. The zero-order chi connectivity index (χ0) is 17.9. The Hall–Kier alpha value is -3.61. The number of fused-ring (bicyclic) bond motifs is 1. The van der Waals surface area contributed by atoms with Gasteiger partial charge < -0.3 is 15.0 Å². The molecule has 3 N–H and O–H groups in total. The van der Waals surface area contributed by atoms with Crippen LogP contribution in [-0.4, -0.2) is 33.2 Å². The molecule has 1 aromatic carbocycles. The first-order chi connectivity index (χ1) is 12.7. The second-order valence-corrected chi connectivity index (χ2v) is 5.81. The minimum Gasteiger partial charge on any atom is -0.497 e. The molecule has 4 aromatic rings. The number of pyridine rings is 1. The predicted molar refractivity (Wildman–Crippen MR) is 97.8 cm³/mol. The quantitative estimate of drug-likeness (QED) is 0.517. The van der Waals surface area contributed by atoms with Crippen molar-refractivity contribution < 1.29 is 9.53 Å². The summed E-state index contributed by atoms with van der Waals surface area (Å²) in [6.07, 6.45) is 3.38. The van der Waals surface area contributed by atoms with Gasteiger partial charge in [0.05, 0.1) is 24.1 Å². The Morgan fingerprint density at radius 1 is 1.23 bits per heavy atom. The van der Waals surface area contributed by atoms with Crippen molar-refractivity contribution >= 4 is 16.9 Å². The fourth-order valence-electron chi connectivity index (χ4n) is 2.75. The first kappa shape index (κ1) is 15.9. The molecule has 0 saturated heterocycles. The maximum atomic E-state index is 12.4. The van der Waals surface area contributed by atoms with Gasteiger partial charge in [-0.25, -0.2) is 4.98 Å². The number of ether oxygens (including phenoxy) is 1. The van der Waals surface area contributed by atoms with E-state index in [-0.39, 0.29) is 5.91 Å². The number of hydrogen-bond acceptors (Lipinski definition) is 4. The summed E-state index contributed by atoms with van der Waals surface area (Å²) in [5, 5.41) is 10.9. The van der Waals surface area contributed by atoms with Gasteiger partial charge in [-0.05, 0) is 35.9 Å². The zero-order valence-corrected chi connectivity index (χ0v) is 14.1. The van der Waals surface area contributed by atoms with Gasteiger partial charge in [-0.1, -0.05) is 12.1 Å². The van der Waals surface area contributed by atoms with E-state index in [1.807, 2.05) is 36.4 Å². The van der Waals surface area contributed by atoms with Crippen LogP contribution in [-0.2, 0) is 6.54 Å². The summed E-state index contributed by atoms with van der Waals surface area (Å²) < 4.78 is 5.13. The number of rotatable bonds is 5. The molecule has 26 heavy (non-hydrogen) atoms. The number of aromatic amines is 2. The smallest absolute Gasteiger partial charge is 0.253 e. The number of carbonyl (C=O) groups is 1. The average molecular weight is 347 g/mol. The monoisotopic (exact) mass is 347 g/mol. The number of carbonyl (C=O) groups excluding carboxylic acids is 1. The highest BCUT2D eigenvalue weighted by molar-refractivity contribution is 5.97. The Bertz CT molecular complexity index is 1050. The van der Waals surface area contributed by atoms with Crippen molar-refractivity contribution in [2.75, 3.05) is 7.11 Å². The first-order valence-corrected chi connectivity index (χ1v) is 8.13. The van der Waals surface area contributed by atoms with Crippen LogP contribution in [0.3, 0.4) is 0 Å². The van der Waals surface area contributed by atoms with Crippen LogP contribution < -0.4 is 10.1 Å². The summed E-state index contributed by atoms with van der Waals surface area (Å²) in [4.78, 5) is 19.7.